The Morgan fingerprint density at radius 1 is 1.06 bits per heavy atom. The summed E-state index contributed by atoms with van der Waals surface area (Å²) in [5.41, 5.74) is -4.00. The van der Waals surface area contributed by atoms with Gasteiger partial charge in [-0.2, -0.15) is 26.3 Å². The molecule has 2 aromatic carbocycles. The quantitative estimate of drug-likeness (QED) is 0.529. The van der Waals surface area contributed by atoms with Crippen LogP contribution in [-0.4, -0.2) is 39.6 Å². The molecule has 0 saturated carbocycles. The minimum absolute atomic E-state index is 0.312. The number of nitrogens with zero attached hydrogens (tertiary/aromatic N) is 1. The second-order valence-corrected chi connectivity index (χ2v) is 9.75. The number of hydrogen-bond donors (Lipinski definition) is 1. The lowest BCUT2D eigenvalue weighted by Gasteiger charge is -2.21. The fourth-order valence-corrected chi connectivity index (χ4v) is 5.44. The molecule has 33 heavy (non-hydrogen) atoms. The van der Waals surface area contributed by atoms with Crippen molar-refractivity contribution in [3.05, 3.63) is 45.4 Å². The van der Waals surface area contributed by atoms with E-state index in [4.69, 9.17) is 33.1 Å². The van der Waals surface area contributed by atoms with Gasteiger partial charge in [0.15, 0.2) is 0 Å². The summed E-state index contributed by atoms with van der Waals surface area (Å²) in [5.74, 6) is -0.711. The molecule has 1 aliphatic rings. The predicted octanol–water partition coefficient (Wildman–Crippen LogP) is 5.43. The van der Waals surface area contributed by atoms with E-state index in [0.29, 0.717) is 31.6 Å². The summed E-state index contributed by atoms with van der Waals surface area (Å²) in [7, 11) is -2.93. The Labute approximate surface area is 195 Å². The Morgan fingerprint density at radius 2 is 1.67 bits per heavy atom. The normalized spacial score (nSPS) is 18.1. The third kappa shape index (κ3) is 5.51. The van der Waals surface area contributed by atoms with Gasteiger partial charge in [-0.05, 0) is 37.2 Å². The van der Waals surface area contributed by atoms with E-state index >= 15 is 0 Å². The van der Waals surface area contributed by atoms with Crippen molar-refractivity contribution in [3.63, 3.8) is 0 Å². The molecular weight excluding hydrogens is 521 g/mol. The predicted molar refractivity (Wildman–Crippen MR) is 110 cm³/mol. The lowest BCUT2D eigenvalue weighted by molar-refractivity contribution is -0.139. The molecule has 0 aliphatic carbocycles. The lowest BCUT2D eigenvalue weighted by atomic mass is 9.97. The molecule has 2 aromatic rings. The van der Waals surface area contributed by atoms with E-state index < -0.39 is 71.4 Å². The molecular formula is C19H16Cl2F6N2O3S. The second-order valence-electron chi connectivity index (χ2n) is 7.47. The molecule has 1 atom stereocenters. The summed E-state index contributed by atoms with van der Waals surface area (Å²) >= 11 is 11.7. The minimum Gasteiger partial charge on any atom is -0.488 e. The van der Waals surface area contributed by atoms with Gasteiger partial charge in [-0.3, -0.25) is 0 Å². The van der Waals surface area contributed by atoms with Gasteiger partial charge < -0.3 is 9.64 Å². The molecule has 0 bridgehead atoms. The molecule has 1 heterocycles. The Bertz CT molecular complexity index is 1190. The molecule has 1 unspecified atom stereocenters. The highest BCUT2D eigenvalue weighted by Crippen LogP contribution is 2.48. The summed E-state index contributed by atoms with van der Waals surface area (Å²) in [5, 5.41) is 3.19. The van der Waals surface area contributed by atoms with E-state index in [2.05, 4.69) is 0 Å². The van der Waals surface area contributed by atoms with E-state index in [0.717, 1.165) is 12.1 Å². The molecule has 0 aromatic heterocycles. The van der Waals surface area contributed by atoms with Crippen LogP contribution in [0, 0.1) is 0 Å². The summed E-state index contributed by atoms with van der Waals surface area (Å²) < 4.78 is 111. The Kier molecular flexibility index (Phi) is 6.91. The van der Waals surface area contributed by atoms with E-state index in [1.54, 1.807) is 7.05 Å². The van der Waals surface area contributed by atoms with Crippen molar-refractivity contribution >= 4 is 33.2 Å². The average Bonchev–Trinajstić information content (AvgIpc) is 3.03. The summed E-state index contributed by atoms with van der Waals surface area (Å²) in [4.78, 5) is 0.839. The number of halogens is 8. The highest BCUT2D eigenvalue weighted by molar-refractivity contribution is 7.89. The largest absolute Gasteiger partial charge is 0.488 e. The lowest BCUT2D eigenvalue weighted by Crippen LogP contribution is -2.23. The molecule has 0 radical (unpaired) electrons. The third-order valence-electron chi connectivity index (χ3n) is 4.98. The molecule has 182 valence electrons. The molecule has 1 saturated heterocycles. The van der Waals surface area contributed by atoms with Crippen LogP contribution >= 0.6 is 23.2 Å². The van der Waals surface area contributed by atoms with Crippen LogP contribution in [0.1, 0.15) is 17.5 Å². The maximum absolute atomic E-state index is 13.7. The number of alkyl halides is 6. The first-order valence-corrected chi connectivity index (χ1v) is 11.5. The number of benzene rings is 2. The number of primary sulfonamides is 1. The molecule has 1 fully saturated rings. The van der Waals surface area contributed by atoms with Gasteiger partial charge in [0.25, 0.3) is 0 Å². The third-order valence-corrected chi connectivity index (χ3v) is 6.88. The van der Waals surface area contributed by atoms with Crippen LogP contribution in [-0.2, 0) is 22.4 Å². The van der Waals surface area contributed by atoms with Crippen LogP contribution in [0.4, 0.5) is 26.3 Å². The first kappa shape index (κ1) is 25.9. The van der Waals surface area contributed by atoms with Gasteiger partial charge in [0.1, 0.15) is 16.7 Å². The number of nitrogens with two attached hydrogens (primary N) is 1. The van der Waals surface area contributed by atoms with Crippen molar-refractivity contribution in [3.8, 4) is 16.9 Å². The van der Waals surface area contributed by atoms with Gasteiger partial charge in [-0.1, -0.05) is 29.3 Å². The maximum Gasteiger partial charge on any atom is 0.419 e. The Hall–Kier alpha value is -1.73. The van der Waals surface area contributed by atoms with Gasteiger partial charge in [-0.25, -0.2) is 13.6 Å². The van der Waals surface area contributed by atoms with Gasteiger partial charge in [0.05, 0.1) is 21.2 Å². The Morgan fingerprint density at radius 3 is 2.15 bits per heavy atom. The zero-order valence-electron chi connectivity index (χ0n) is 16.7. The van der Waals surface area contributed by atoms with Gasteiger partial charge in [0, 0.05) is 18.7 Å². The standard InChI is InChI=1S/C19H16Cl2F6N2O3S/c1-29-5-4-10(8-29)32-14-6-9(2-3-11(14)18(22,23)24)15-12(19(25,26)27)7-13(20)17(16(15)21)33(28,30)31/h2-3,6-7,10H,4-5,8H2,1H3,(H2,28,30,31). The molecule has 0 spiro atoms. The number of rotatable bonds is 4. The first-order valence-electron chi connectivity index (χ1n) is 9.19. The van der Waals surface area contributed by atoms with Crippen molar-refractivity contribution in [1.82, 2.24) is 4.90 Å². The highest BCUT2D eigenvalue weighted by atomic mass is 35.5. The van der Waals surface area contributed by atoms with Gasteiger partial charge >= 0.3 is 12.4 Å². The number of sulfonamides is 1. The maximum atomic E-state index is 13.7. The number of hydrogen-bond acceptors (Lipinski definition) is 4. The second kappa shape index (κ2) is 8.81. The van der Waals surface area contributed by atoms with Crippen molar-refractivity contribution < 1.29 is 39.5 Å². The zero-order valence-corrected chi connectivity index (χ0v) is 19.0. The van der Waals surface area contributed by atoms with Crippen LogP contribution in [0.2, 0.25) is 10.0 Å². The van der Waals surface area contributed by atoms with Crippen LogP contribution in [0.15, 0.2) is 29.2 Å². The van der Waals surface area contributed by atoms with E-state index in [-0.39, 0.29) is 0 Å². The minimum atomic E-state index is -5.07. The number of ether oxygens (including phenoxy) is 1. The average molecular weight is 537 g/mol. The van der Waals surface area contributed by atoms with Crippen LogP contribution in [0.25, 0.3) is 11.1 Å². The topological polar surface area (TPSA) is 72.6 Å². The number of likely N-dealkylation sites (N-methyl/N-ethyl adjacent to an activating group) is 1. The molecule has 5 nitrogen and oxygen atoms in total. The monoisotopic (exact) mass is 536 g/mol. The van der Waals surface area contributed by atoms with Crippen molar-refractivity contribution in [2.24, 2.45) is 5.14 Å². The molecule has 2 N–H and O–H groups in total. The molecule has 1 aliphatic heterocycles. The first-order chi connectivity index (χ1) is 15.0. The van der Waals surface area contributed by atoms with E-state index in [1.807, 2.05) is 4.90 Å². The fourth-order valence-electron chi connectivity index (χ4n) is 3.55. The molecule has 14 heteroatoms. The van der Waals surface area contributed by atoms with Gasteiger partial charge in [0.2, 0.25) is 10.0 Å². The summed E-state index contributed by atoms with van der Waals surface area (Å²) in [6.07, 6.45) is -10.2. The number of likely N-dealkylation sites (tertiary alicyclic amines) is 1. The smallest absolute Gasteiger partial charge is 0.419 e. The van der Waals surface area contributed by atoms with Crippen molar-refractivity contribution in [1.29, 1.82) is 0 Å². The molecule has 0 amide bonds. The SMILES string of the molecule is CN1CCC(Oc2cc(-c3c(C(F)(F)F)cc(Cl)c(S(N)(=O)=O)c3Cl)ccc2C(F)(F)F)C1. The van der Waals surface area contributed by atoms with Crippen LogP contribution in [0.3, 0.4) is 0 Å². The summed E-state index contributed by atoms with van der Waals surface area (Å²) in [6, 6.07) is 2.35. The van der Waals surface area contributed by atoms with E-state index in [1.165, 1.54) is 0 Å². The van der Waals surface area contributed by atoms with Gasteiger partial charge in [-0.15, -0.1) is 0 Å². The van der Waals surface area contributed by atoms with Crippen molar-refractivity contribution in [2.45, 2.75) is 29.8 Å². The molecule has 3 rings (SSSR count). The van der Waals surface area contributed by atoms with Crippen LogP contribution < -0.4 is 9.88 Å². The van der Waals surface area contributed by atoms with Crippen LogP contribution in [0.5, 0.6) is 5.75 Å². The zero-order chi connectivity index (χ0) is 24.9. The van der Waals surface area contributed by atoms with E-state index in [9.17, 15) is 34.8 Å². The van der Waals surface area contributed by atoms with Crippen molar-refractivity contribution in [2.75, 3.05) is 20.1 Å². The fraction of sp³-hybridized carbons (Fsp3) is 0.368. The highest BCUT2D eigenvalue weighted by Gasteiger charge is 2.40. The Balaban J connectivity index is 2.28. The summed E-state index contributed by atoms with van der Waals surface area (Å²) in [6.45, 7) is 0.872.